The quantitative estimate of drug-likeness (QED) is 0.713. The molecule has 3 nitrogen and oxygen atoms in total. The van der Waals surface area contributed by atoms with Crippen molar-refractivity contribution in [3.8, 4) is 5.75 Å². The predicted octanol–water partition coefficient (Wildman–Crippen LogP) is 3.62. The second-order valence-corrected chi connectivity index (χ2v) is 9.13. The molecule has 0 aliphatic carbocycles. The molecule has 0 fully saturated rings. The van der Waals surface area contributed by atoms with Crippen LogP contribution in [-0.4, -0.2) is 9.79 Å². The van der Waals surface area contributed by atoms with Gasteiger partial charge in [-0.15, -0.1) is 0 Å². The minimum atomic E-state index is -4.79. The molecule has 0 heterocycles. The molecule has 124 valence electrons. The molecule has 0 aliphatic heterocycles. The zero-order valence-electron chi connectivity index (χ0n) is 13.8. The zero-order valence-corrected chi connectivity index (χ0v) is 14.6. The Bertz CT molecular complexity index is 776. The number of hydrogen-bond acceptors (Lipinski definition) is 3. The third-order valence-electron chi connectivity index (χ3n) is 4.02. The Hall–Kier alpha value is -2.19. The molecule has 0 saturated heterocycles. The van der Waals surface area contributed by atoms with Crippen molar-refractivity contribution in [1.29, 1.82) is 0 Å². The third-order valence-corrected chi connectivity index (χ3v) is 7.04. The van der Waals surface area contributed by atoms with Gasteiger partial charge < -0.3 is 0 Å². The van der Waals surface area contributed by atoms with Crippen LogP contribution in [0.3, 0.4) is 0 Å². The first-order valence-electron chi connectivity index (χ1n) is 7.79. The van der Waals surface area contributed by atoms with Gasteiger partial charge in [0.05, 0.1) is 0 Å². The fourth-order valence-electron chi connectivity index (χ4n) is 2.56. The number of benzene rings is 3. The first kappa shape index (κ1) is 16.7. The normalized spacial score (nSPS) is 13.1. The fraction of sp³-hybridized carbons (Fsp3) is 0.100. The van der Waals surface area contributed by atoms with Gasteiger partial charge in [-0.25, -0.2) is 0 Å². The van der Waals surface area contributed by atoms with Gasteiger partial charge in [-0.3, -0.25) is 0 Å². The summed E-state index contributed by atoms with van der Waals surface area (Å²) in [6.07, 6.45) is 0. The average Bonchev–Trinajstić information content (AvgIpc) is 2.56. The number of para-hydroxylation sites is 1. The second kappa shape index (κ2) is 6.03. The van der Waals surface area contributed by atoms with E-state index in [1.165, 1.54) is 0 Å². The van der Waals surface area contributed by atoms with Gasteiger partial charge in [0.1, 0.15) is 0 Å². The Kier molecular flexibility index (Phi) is 4.18. The number of aryl methyl sites for hydroxylation is 2. The van der Waals surface area contributed by atoms with Crippen molar-refractivity contribution < 1.29 is 14.3 Å². The van der Waals surface area contributed by atoms with Gasteiger partial charge in [0, 0.05) is 0 Å². The van der Waals surface area contributed by atoms with Crippen LogP contribution in [0.5, 0.6) is 5.75 Å². The first-order valence-corrected chi connectivity index (χ1v) is 9.85. The van der Waals surface area contributed by atoms with Crippen LogP contribution < -0.4 is 15.1 Å². The van der Waals surface area contributed by atoms with E-state index >= 15 is 0 Å². The molecule has 24 heavy (non-hydrogen) atoms. The van der Waals surface area contributed by atoms with Crippen LogP contribution in [0.4, 0.5) is 0 Å². The Balaban J connectivity index is 2.19. The third kappa shape index (κ3) is 3.07. The molecule has 3 aromatic rings. The van der Waals surface area contributed by atoms with E-state index in [-0.39, 0.29) is 0 Å². The van der Waals surface area contributed by atoms with Gasteiger partial charge in [-0.2, -0.15) is 0 Å². The van der Waals surface area contributed by atoms with Gasteiger partial charge in [0.15, 0.2) is 0 Å². The molecule has 0 aromatic heterocycles. The summed E-state index contributed by atoms with van der Waals surface area (Å²) in [7, 11) is -4.79. The Morgan fingerprint density at radius 3 is 1.46 bits per heavy atom. The van der Waals surface area contributed by atoms with E-state index in [1.807, 2.05) is 44.2 Å². The molecule has 0 saturated carbocycles. The summed E-state index contributed by atoms with van der Waals surface area (Å²) in [6.45, 7) is 3.91. The summed E-state index contributed by atoms with van der Waals surface area (Å²) < 4.78 is 5.88. The van der Waals surface area contributed by atoms with Crippen molar-refractivity contribution in [2.24, 2.45) is 0 Å². The molecular weight excluding hydrogens is 319 g/mol. The van der Waals surface area contributed by atoms with Crippen LogP contribution in [0, 0.1) is 13.8 Å². The summed E-state index contributed by atoms with van der Waals surface area (Å²) in [5.41, 5.74) is 2.08. The Labute approximate surface area is 142 Å². The van der Waals surface area contributed by atoms with E-state index in [1.54, 1.807) is 48.5 Å². The van der Waals surface area contributed by atoms with Gasteiger partial charge >= 0.3 is 142 Å². The maximum absolute atomic E-state index is 11.5. The topological polar surface area (TPSA) is 49.7 Å². The zero-order chi connectivity index (χ0) is 17.2. The molecule has 0 aliphatic rings. The van der Waals surface area contributed by atoms with E-state index in [4.69, 9.17) is 4.52 Å². The summed E-state index contributed by atoms with van der Waals surface area (Å²) in [6, 6.07) is 23.2. The monoisotopic (exact) mass is 340 g/mol. The molecule has 0 spiro atoms. The summed E-state index contributed by atoms with van der Waals surface area (Å²) in [4.78, 5) is 23.0. The molecule has 3 rings (SSSR count). The minimum absolute atomic E-state index is 0.374. The van der Waals surface area contributed by atoms with Gasteiger partial charge in [0.2, 0.25) is 0 Å². The van der Waals surface area contributed by atoms with Crippen molar-refractivity contribution in [2.45, 2.75) is 13.8 Å². The SMILES string of the molecule is Cc1ccc(P(O)(O)(Oc2ccccc2)c2ccc(C)cc2)cc1. The molecule has 0 amide bonds. The van der Waals surface area contributed by atoms with E-state index in [2.05, 4.69) is 0 Å². The fourth-order valence-corrected chi connectivity index (χ4v) is 4.97. The Morgan fingerprint density at radius 1 is 0.625 bits per heavy atom. The van der Waals surface area contributed by atoms with Crippen molar-refractivity contribution in [2.75, 3.05) is 0 Å². The van der Waals surface area contributed by atoms with E-state index in [0.29, 0.717) is 16.4 Å². The Morgan fingerprint density at radius 2 is 1.04 bits per heavy atom. The van der Waals surface area contributed by atoms with Crippen LogP contribution in [0.15, 0.2) is 78.9 Å². The number of rotatable bonds is 4. The molecular formula is C20H21O3P. The van der Waals surface area contributed by atoms with E-state index < -0.39 is 7.28 Å². The summed E-state index contributed by atoms with van der Waals surface area (Å²) in [5.74, 6) is 0.418. The predicted molar refractivity (Wildman–Crippen MR) is 100 cm³/mol. The van der Waals surface area contributed by atoms with Gasteiger partial charge in [-0.1, -0.05) is 0 Å². The summed E-state index contributed by atoms with van der Waals surface area (Å²) in [5, 5.41) is 0.749. The van der Waals surface area contributed by atoms with Crippen LogP contribution in [0.1, 0.15) is 11.1 Å². The molecule has 0 atom stereocenters. The molecule has 4 heteroatoms. The van der Waals surface area contributed by atoms with E-state index in [0.717, 1.165) is 11.1 Å². The van der Waals surface area contributed by atoms with Crippen LogP contribution in [0.25, 0.3) is 0 Å². The van der Waals surface area contributed by atoms with Crippen LogP contribution in [0.2, 0.25) is 0 Å². The maximum atomic E-state index is 11.5. The van der Waals surface area contributed by atoms with Crippen molar-refractivity contribution >= 4 is 17.9 Å². The molecule has 2 N–H and O–H groups in total. The van der Waals surface area contributed by atoms with E-state index in [9.17, 15) is 9.79 Å². The molecule has 0 unspecified atom stereocenters. The number of hydrogen-bond donors (Lipinski definition) is 2. The van der Waals surface area contributed by atoms with Gasteiger partial charge in [-0.05, 0) is 0 Å². The molecule has 3 aromatic carbocycles. The van der Waals surface area contributed by atoms with Crippen molar-refractivity contribution in [3.05, 3.63) is 90.0 Å². The molecule has 0 radical (unpaired) electrons. The van der Waals surface area contributed by atoms with Crippen LogP contribution >= 0.6 is 7.28 Å². The van der Waals surface area contributed by atoms with Crippen molar-refractivity contribution in [3.63, 3.8) is 0 Å². The van der Waals surface area contributed by atoms with Gasteiger partial charge in [0.25, 0.3) is 0 Å². The standard InChI is InChI=1S/C20H21O3P/c1-16-8-12-19(13-9-16)24(21,22,20-14-10-17(2)11-15-20)23-18-6-4-3-5-7-18/h3-15,21-22H,1-2H3. The average molecular weight is 340 g/mol. The van der Waals surface area contributed by atoms with Crippen molar-refractivity contribution in [1.82, 2.24) is 0 Å². The second-order valence-electron chi connectivity index (χ2n) is 6.02. The first-order chi connectivity index (χ1) is 11.4. The molecule has 0 bridgehead atoms. The summed E-state index contributed by atoms with van der Waals surface area (Å²) >= 11 is 0. The van der Waals surface area contributed by atoms with Crippen LogP contribution in [-0.2, 0) is 0 Å².